The molecule has 0 aliphatic rings. The molecule has 0 aliphatic heterocycles. The Hall–Kier alpha value is 0.0338. The smallest absolute Gasteiger partial charge is 0.396 e. The maximum absolute atomic E-state index is 9.59. The second-order valence-electron chi connectivity index (χ2n) is 7.13. The Morgan fingerprint density at radius 2 is 1.07 bits per heavy atom. The van der Waals surface area contributed by atoms with Gasteiger partial charge in [-0.2, -0.15) is 0 Å². The van der Waals surface area contributed by atoms with Crippen LogP contribution in [0, 0.1) is 0 Å². The molecular formula is C18H44N2O8Si2. The Bertz CT molecular complexity index is 393. The lowest BCUT2D eigenvalue weighted by molar-refractivity contribution is 0.121. The fraction of sp³-hybridized carbons (Fsp3) is 1.00. The zero-order valence-electron chi connectivity index (χ0n) is 19.6. The van der Waals surface area contributed by atoms with Gasteiger partial charge in [0, 0.05) is 80.0 Å². The summed E-state index contributed by atoms with van der Waals surface area (Å²) >= 11 is 0. The Balaban J connectivity index is 4.66. The minimum absolute atomic E-state index is 0.0363. The molecule has 0 aliphatic carbocycles. The third kappa shape index (κ3) is 10.1. The summed E-state index contributed by atoms with van der Waals surface area (Å²) in [6.07, 6.45) is 2.70. The summed E-state index contributed by atoms with van der Waals surface area (Å²) in [6, 6.07) is 1.39. The number of aliphatic hydroxyl groups excluding tert-OH is 2. The maximum Gasteiger partial charge on any atom is 0.500 e. The lowest BCUT2D eigenvalue weighted by atomic mass is 9.91. The van der Waals surface area contributed by atoms with Crippen LogP contribution in [0.1, 0.15) is 25.7 Å². The molecule has 0 rings (SSSR count). The molecule has 0 amide bonds. The van der Waals surface area contributed by atoms with Crippen LogP contribution in [-0.4, -0.2) is 109 Å². The van der Waals surface area contributed by atoms with E-state index in [-0.39, 0.29) is 13.2 Å². The molecular weight excluding hydrogens is 428 g/mol. The lowest BCUT2D eigenvalue weighted by Crippen LogP contribution is -2.54. The molecule has 4 N–H and O–H groups in total. The highest BCUT2D eigenvalue weighted by molar-refractivity contribution is 6.60. The molecule has 0 unspecified atom stereocenters. The fourth-order valence-electron chi connectivity index (χ4n) is 3.50. The molecule has 0 heterocycles. The fourth-order valence-corrected chi connectivity index (χ4v) is 6.94. The van der Waals surface area contributed by atoms with Crippen LogP contribution in [0.25, 0.3) is 0 Å². The Labute approximate surface area is 184 Å². The van der Waals surface area contributed by atoms with Gasteiger partial charge >= 0.3 is 17.6 Å². The standard InChI is InChI=1S/C18H44N2O8Si2/c1-23-29(24-2,25-3)15-7-11-19-17-18(9-13-21,10-14-22)20-12-8-16-30(26-4,27-5)28-6/h19-22H,7-17H2,1-6H3. The Kier molecular flexibility index (Phi) is 16.7. The average Bonchev–Trinajstić information content (AvgIpc) is 2.78. The van der Waals surface area contributed by atoms with Crippen molar-refractivity contribution in [2.24, 2.45) is 0 Å². The van der Waals surface area contributed by atoms with Crippen molar-refractivity contribution in [3.05, 3.63) is 0 Å². The number of hydrogen-bond acceptors (Lipinski definition) is 10. The summed E-state index contributed by atoms with van der Waals surface area (Å²) in [5, 5.41) is 26.1. The molecule has 0 fully saturated rings. The van der Waals surface area contributed by atoms with E-state index in [1.165, 1.54) is 0 Å². The van der Waals surface area contributed by atoms with Crippen molar-refractivity contribution < 1.29 is 36.8 Å². The van der Waals surface area contributed by atoms with Crippen molar-refractivity contribution in [2.75, 3.05) is 75.5 Å². The number of rotatable bonds is 21. The molecule has 0 saturated carbocycles. The number of hydrogen-bond donors (Lipinski definition) is 4. The molecule has 0 bridgehead atoms. The third-order valence-electron chi connectivity index (χ3n) is 5.51. The molecule has 182 valence electrons. The summed E-state index contributed by atoms with van der Waals surface area (Å²) in [6.45, 7) is 2.14. The average molecular weight is 473 g/mol. The summed E-state index contributed by atoms with van der Waals surface area (Å²) in [7, 11) is 4.47. The third-order valence-corrected chi connectivity index (χ3v) is 11.2. The van der Waals surface area contributed by atoms with E-state index in [1.54, 1.807) is 42.7 Å². The predicted octanol–water partition coefficient (Wildman–Crippen LogP) is 0.206. The summed E-state index contributed by atoms with van der Waals surface area (Å²) in [5.41, 5.74) is -0.404. The maximum atomic E-state index is 9.59. The zero-order valence-corrected chi connectivity index (χ0v) is 21.6. The van der Waals surface area contributed by atoms with Crippen LogP contribution in [0.5, 0.6) is 0 Å². The van der Waals surface area contributed by atoms with Gasteiger partial charge in [-0.15, -0.1) is 0 Å². The summed E-state index contributed by atoms with van der Waals surface area (Å²) in [5.74, 6) is 0. The van der Waals surface area contributed by atoms with Gasteiger partial charge in [-0.1, -0.05) is 0 Å². The lowest BCUT2D eigenvalue weighted by Gasteiger charge is -2.35. The molecule has 0 aromatic rings. The SMILES string of the molecule is CO[Si](CCCNCC(CCO)(CCO)NCCC[Si](OC)(OC)OC)(OC)OC. The van der Waals surface area contributed by atoms with Crippen LogP contribution in [0.15, 0.2) is 0 Å². The first-order chi connectivity index (χ1) is 14.4. The Morgan fingerprint density at radius 1 is 0.667 bits per heavy atom. The molecule has 0 atom stereocenters. The van der Waals surface area contributed by atoms with E-state index in [0.29, 0.717) is 38.0 Å². The van der Waals surface area contributed by atoms with E-state index in [0.717, 1.165) is 19.4 Å². The van der Waals surface area contributed by atoms with Gasteiger partial charge in [-0.05, 0) is 38.8 Å². The van der Waals surface area contributed by atoms with Crippen LogP contribution in [-0.2, 0) is 26.6 Å². The topological polar surface area (TPSA) is 120 Å². The van der Waals surface area contributed by atoms with Crippen LogP contribution < -0.4 is 10.6 Å². The van der Waals surface area contributed by atoms with E-state index in [9.17, 15) is 10.2 Å². The Morgan fingerprint density at radius 3 is 1.43 bits per heavy atom. The highest BCUT2D eigenvalue weighted by atomic mass is 28.4. The van der Waals surface area contributed by atoms with Gasteiger partial charge in [0.15, 0.2) is 0 Å². The number of aliphatic hydroxyl groups is 2. The van der Waals surface area contributed by atoms with Crippen molar-refractivity contribution >= 4 is 17.6 Å². The zero-order chi connectivity index (χ0) is 22.9. The van der Waals surface area contributed by atoms with Crippen molar-refractivity contribution in [1.82, 2.24) is 10.6 Å². The van der Waals surface area contributed by atoms with Gasteiger partial charge < -0.3 is 47.4 Å². The summed E-state index contributed by atoms with van der Waals surface area (Å²) < 4.78 is 32.7. The molecule has 0 aromatic heterocycles. The first-order valence-corrected chi connectivity index (χ1v) is 14.2. The van der Waals surface area contributed by atoms with Crippen LogP contribution in [0.4, 0.5) is 0 Å². The molecule has 10 nitrogen and oxygen atoms in total. The van der Waals surface area contributed by atoms with E-state index in [4.69, 9.17) is 26.6 Å². The molecule has 30 heavy (non-hydrogen) atoms. The second-order valence-corrected chi connectivity index (χ2v) is 13.3. The van der Waals surface area contributed by atoms with Crippen molar-refractivity contribution in [2.45, 2.75) is 43.3 Å². The minimum atomic E-state index is -2.60. The van der Waals surface area contributed by atoms with Gasteiger partial charge in [-0.25, -0.2) is 0 Å². The van der Waals surface area contributed by atoms with E-state index in [2.05, 4.69) is 10.6 Å². The van der Waals surface area contributed by atoms with Gasteiger partial charge in [0.25, 0.3) is 0 Å². The quantitative estimate of drug-likeness (QED) is 0.136. The van der Waals surface area contributed by atoms with Gasteiger partial charge in [0.1, 0.15) is 0 Å². The van der Waals surface area contributed by atoms with Gasteiger partial charge in [0.2, 0.25) is 0 Å². The van der Waals surface area contributed by atoms with Crippen LogP contribution in [0.2, 0.25) is 12.1 Å². The monoisotopic (exact) mass is 472 g/mol. The normalized spacial score (nSPS) is 13.2. The van der Waals surface area contributed by atoms with Gasteiger partial charge in [-0.3, -0.25) is 0 Å². The van der Waals surface area contributed by atoms with Crippen molar-refractivity contribution in [3.8, 4) is 0 Å². The van der Waals surface area contributed by atoms with E-state index < -0.39 is 23.1 Å². The highest BCUT2D eigenvalue weighted by Gasteiger charge is 2.38. The van der Waals surface area contributed by atoms with E-state index >= 15 is 0 Å². The van der Waals surface area contributed by atoms with Crippen LogP contribution >= 0.6 is 0 Å². The summed E-state index contributed by atoms with van der Waals surface area (Å²) in [4.78, 5) is 0. The van der Waals surface area contributed by atoms with Crippen LogP contribution in [0.3, 0.4) is 0 Å². The van der Waals surface area contributed by atoms with E-state index in [1.807, 2.05) is 0 Å². The molecule has 0 spiro atoms. The minimum Gasteiger partial charge on any atom is -0.396 e. The first-order valence-electron chi connectivity index (χ1n) is 10.4. The van der Waals surface area contributed by atoms with Crippen molar-refractivity contribution in [1.29, 1.82) is 0 Å². The second kappa shape index (κ2) is 16.6. The number of nitrogens with one attached hydrogen (secondary N) is 2. The molecule has 0 saturated heterocycles. The molecule has 0 radical (unpaired) electrons. The molecule has 0 aromatic carbocycles. The first kappa shape index (κ1) is 30.0. The predicted molar refractivity (Wildman–Crippen MR) is 119 cm³/mol. The van der Waals surface area contributed by atoms with Gasteiger partial charge in [0.05, 0.1) is 0 Å². The molecule has 12 heteroatoms. The van der Waals surface area contributed by atoms with Crippen molar-refractivity contribution in [3.63, 3.8) is 0 Å². The largest absolute Gasteiger partial charge is 0.500 e. The highest BCUT2D eigenvalue weighted by Crippen LogP contribution is 2.18.